The second kappa shape index (κ2) is 4.41. The SMILES string of the molecule is Cc1cc(C(N)=O)c2ncn(-c3ccc(F)cc3)c2n1. The van der Waals surface area contributed by atoms with E-state index in [4.69, 9.17) is 5.73 Å². The summed E-state index contributed by atoms with van der Waals surface area (Å²) in [6.45, 7) is 1.77. The highest BCUT2D eigenvalue weighted by molar-refractivity contribution is 6.03. The smallest absolute Gasteiger partial charge is 0.251 e. The fraction of sp³-hybridized carbons (Fsp3) is 0.0714. The van der Waals surface area contributed by atoms with Gasteiger partial charge in [-0.05, 0) is 37.3 Å². The monoisotopic (exact) mass is 270 g/mol. The molecule has 0 aliphatic heterocycles. The van der Waals surface area contributed by atoms with Crippen LogP contribution >= 0.6 is 0 Å². The van der Waals surface area contributed by atoms with Gasteiger partial charge >= 0.3 is 0 Å². The molecule has 0 aliphatic rings. The van der Waals surface area contributed by atoms with Gasteiger partial charge in [0.1, 0.15) is 17.7 Å². The lowest BCUT2D eigenvalue weighted by atomic mass is 10.2. The maximum atomic E-state index is 13.0. The zero-order valence-corrected chi connectivity index (χ0v) is 10.7. The van der Waals surface area contributed by atoms with Crippen LogP contribution in [0.2, 0.25) is 0 Å². The highest BCUT2D eigenvalue weighted by atomic mass is 19.1. The highest BCUT2D eigenvalue weighted by Gasteiger charge is 2.14. The molecule has 100 valence electrons. The Kier molecular flexibility index (Phi) is 2.71. The van der Waals surface area contributed by atoms with Gasteiger partial charge in [-0.3, -0.25) is 9.36 Å². The maximum absolute atomic E-state index is 13.0. The van der Waals surface area contributed by atoms with Gasteiger partial charge in [0.2, 0.25) is 0 Å². The van der Waals surface area contributed by atoms with Crippen LogP contribution in [0.4, 0.5) is 4.39 Å². The van der Waals surface area contributed by atoms with Crippen molar-refractivity contribution in [1.29, 1.82) is 0 Å². The summed E-state index contributed by atoms with van der Waals surface area (Å²) in [6.07, 6.45) is 1.54. The minimum Gasteiger partial charge on any atom is -0.366 e. The van der Waals surface area contributed by atoms with Crippen molar-refractivity contribution in [2.45, 2.75) is 6.92 Å². The first kappa shape index (κ1) is 12.3. The summed E-state index contributed by atoms with van der Waals surface area (Å²) in [5.74, 6) is -0.870. The van der Waals surface area contributed by atoms with E-state index in [-0.39, 0.29) is 5.82 Å². The van der Waals surface area contributed by atoms with Gasteiger partial charge in [0.25, 0.3) is 5.91 Å². The van der Waals surface area contributed by atoms with E-state index in [1.807, 2.05) is 0 Å². The molecule has 0 spiro atoms. The number of hydrogen-bond donors (Lipinski definition) is 1. The number of primary amides is 1. The van der Waals surface area contributed by atoms with Crippen LogP contribution in [0.15, 0.2) is 36.7 Å². The van der Waals surface area contributed by atoms with E-state index >= 15 is 0 Å². The molecule has 20 heavy (non-hydrogen) atoms. The first-order chi connectivity index (χ1) is 9.56. The molecule has 2 heterocycles. The minimum atomic E-state index is -0.551. The number of carbonyl (C=O) groups is 1. The van der Waals surface area contributed by atoms with E-state index in [2.05, 4.69) is 9.97 Å². The van der Waals surface area contributed by atoms with E-state index in [1.54, 1.807) is 29.7 Å². The molecule has 0 fully saturated rings. The van der Waals surface area contributed by atoms with E-state index in [1.165, 1.54) is 18.5 Å². The molecular weight excluding hydrogens is 259 g/mol. The average molecular weight is 270 g/mol. The van der Waals surface area contributed by atoms with Crippen LogP contribution in [-0.2, 0) is 0 Å². The number of fused-ring (bicyclic) bond motifs is 1. The second-order valence-corrected chi connectivity index (χ2v) is 4.44. The summed E-state index contributed by atoms with van der Waals surface area (Å²) in [5, 5.41) is 0. The maximum Gasteiger partial charge on any atom is 0.251 e. The first-order valence-electron chi connectivity index (χ1n) is 5.96. The van der Waals surface area contributed by atoms with Crippen molar-refractivity contribution in [3.63, 3.8) is 0 Å². The summed E-state index contributed by atoms with van der Waals surface area (Å²) >= 11 is 0. The second-order valence-electron chi connectivity index (χ2n) is 4.44. The number of halogens is 1. The Bertz CT molecular complexity index is 808. The summed E-state index contributed by atoms with van der Waals surface area (Å²) < 4.78 is 14.7. The lowest BCUT2D eigenvalue weighted by molar-refractivity contribution is 0.100. The van der Waals surface area contributed by atoms with E-state index in [0.717, 1.165) is 0 Å². The van der Waals surface area contributed by atoms with Gasteiger partial charge in [0.05, 0.1) is 5.56 Å². The molecule has 3 rings (SSSR count). The molecule has 0 aliphatic carbocycles. The van der Waals surface area contributed by atoms with Crippen LogP contribution < -0.4 is 5.73 Å². The summed E-state index contributed by atoms with van der Waals surface area (Å²) in [5.41, 5.74) is 8.01. The number of carbonyl (C=O) groups excluding carboxylic acids is 1. The fourth-order valence-electron chi connectivity index (χ4n) is 2.09. The lowest BCUT2D eigenvalue weighted by Crippen LogP contribution is -2.12. The lowest BCUT2D eigenvalue weighted by Gasteiger charge is -2.05. The van der Waals surface area contributed by atoms with E-state index in [9.17, 15) is 9.18 Å². The molecule has 3 aromatic rings. The van der Waals surface area contributed by atoms with Gasteiger partial charge in [-0.25, -0.2) is 14.4 Å². The zero-order valence-electron chi connectivity index (χ0n) is 10.7. The number of rotatable bonds is 2. The number of aryl methyl sites for hydroxylation is 1. The third kappa shape index (κ3) is 1.91. The number of nitrogens with zero attached hydrogens (tertiary/aromatic N) is 3. The van der Waals surface area contributed by atoms with Gasteiger partial charge in [0.15, 0.2) is 5.65 Å². The molecule has 5 nitrogen and oxygen atoms in total. The van der Waals surface area contributed by atoms with Gasteiger partial charge < -0.3 is 5.73 Å². The van der Waals surface area contributed by atoms with E-state index in [0.29, 0.717) is 28.1 Å². The summed E-state index contributed by atoms with van der Waals surface area (Å²) in [4.78, 5) is 20.0. The number of nitrogens with two attached hydrogens (primary N) is 1. The van der Waals surface area contributed by atoms with Gasteiger partial charge in [-0.15, -0.1) is 0 Å². The Morgan fingerprint density at radius 2 is 2.00 bits per heavy atom. The Hall–Kier alpha value is -2.76. The summed E-state index contributed by atoms with van der Waals surface area (Å²) in [6, 6.07) is 7.54. The van der Waals surface area contributed by atoms with Crippen LogP contribution in [0.3, 0.4) is 0 Å². The standard InChI is InChI=1S/C14H11FN4O/c1-8-6-11(13(16)20)12-14(18-8)19(7-17-12)10-4-2-9(15)3-5-10/h2-7H,1H3,(H2,16,20). The molecule has 0 bridgehead atoms. The summed E-state index contributed by atoms with van der Waals surface area (Å²) in [7, 11) is 0. The number of amides is 1. The van der Waals surface area contributed by atoms with Crippen LogP contribution in [0.1, 0.15) is 16.1 Å². The Balaban J connectivity index is 2.28. The molecule has 0 radical (unpaired) electrons. The largest absolute Gasteiger partial charge is 0.366 e. The molecule has 6 heteroatoms. The topological polar surface area (TPSA) is 73.8 Å². The Morgan fingerprint density at radius 1 is 1.30 bits per heavy atom. The van der Waals surface area contributed by atoms with Crippen LogP contribution in [0.5, 0.6) is 0 Å². The average Bonchev–Trinajstić information content (AvgIpc) is 2.82. The van der Waals surface area contributed by atoms with Crippen molar-refractivity contribution in [3.05, 3.63) is 53.7 Å². The van der Waals surface area contributed by atoms with Crippen molar-refractivity contribution in [2.24, 2.45) is 5.73 Å². The molecule has 1 aromatic carbocycles. The van der Waals surface area contributed by atoms with Crippen LogP contribution in [0, 0.1) is 12.7 Å². The predicted octanol–water partition coefficient (Wildman–Crippen LogP) is 1.97. The predicted molar refractivity (Wildman–Crippen MR) is 72.1 cm³/mol. The van der Waals surface area contributed by atoms with E-state index < -0.39 is 5.91 Å². The van der Waals surface area contributed by atoms with Crippen molar-refractivity contribution >= 4 is 17.1 Å². The quantitative estimate of drug-likeness (QED) is 0.773. The normalized spacial score (nSPS) is 10.9. The molecule has 0 saturated carbocycles. The first-order valence-corrected chi connectivity index (χ1v) is 5.96. The zero-order chi connectivity index (χ0) is 14.3. The number of aromatic nitrogens is 3. The van der Waals surface area contributed by atoms with Gasteiger partial charge in [-0.2, -0.15) is 0 Å². The van der Waals surface area contributed by atoms with Crippen LogP contribution in [-0.4, -0.2) is 20.4 Å². The molecule has 0 saturated heterocycles. The van der Waals surface area contributed by atoms with Crippen molar-refractivity contribution in [2.75, 3.05) is 0 Å². The van der Waals surface area contributed by atoms with Crippen LogP contribution in [0.25, 0.3) is 16.9 Å². The van der Waals surface area contributed by atoms with Crippen molar-refractivity contribution in [1.82, 2.24) is 14.5 Å². The minimum absolute atomic E-state index is 0.319. The number of imidazole rings is 1. The Labute approximate surface area is 113 Å². The number of hydrogen-bond acceptors (Lipinski definition) is 3. The molecular formula is C14H11FN4O. The fourth-order valence-corrected chi connectivity index (χ4v) is 2.09. The molecule has 1 amide bonds. The third-order valence-electron chi connectivity index (χ3n) is 3.00. The molecule has 0 unspecified atom stereocenters. The molecule has 2 N–H and O–H groups in total. The van der Waals surface area contributed by atoms with Gasteiger partial charge in [-0.1, -0.05) is 0 Å². The van der Waals surface area contributed by atoms with Gasteiger partial charge in [0, 0.05) is 11.4 Å². The highest BCUT2D eigenvalue weighted by Crippen LogP contribution is 2.20. The molecule has 2 aromatic heterocycles. The Morgan fingerprint density at radius 3 is 2.65 bits per heavy atom. The number of benzene rings is 1. The third-order valence-corrected chi connectivity index (χ3v) is 3.00. The molecule has 0 atom stereocenters. The van der Waals surface area contributed by atoms with Crippen molar-refractivity contribution < 1.29 is 9.18 Å². The van der Waals surface area contributed by atoms with Crippen molar-refractivity contribution in [3.8, 4) is 5.69 Å². The number of pyridine rings is 1.